The van der Waals surface area contributed by atoms with Gasteiger partial charge in [0.15, 0.2) is 17.2 Å². The second kappa shape index (κ2) is 6.54. The molecule has 0 unspecified atom stereocenters. The quantitative estimate of drug-likeness (QED) is 0.936. The maximum Gasteiger partial charge on any atom is 0.169 e. The van der Waals surface area contributed by atoms with Gasteiger partial charge in [-0.3, -0.25) is 0 Å². The van der Waals surface area contributed by atoms with Crippen LogP contribution in [0.15, 0.2) is 36.7 Å². The van der Waals surface area contributed by atoms with Gasteiger partial charge >= 0.3 is 0 Å². The third-order valence-corrected chi connectivity index (χ3v) is 3.65. The van der Waals surface area contributed by atoms with Crippen molar-refractivity contribution in [2.24, 2.45) is 0 Å². The molecule has 1 saturated heterocycles. The minimum absolute atomic E-state index is 0.451. The van der Waals surface area contributed by atoms with Crippen LogP contribution in [0.5, 0.6) is 17.2 Å². The van der Waals surface area contributed by atoms with E-state index in [2.05, 4.69) is 15.3 Å². The standard InChI is InChI=1S/C16H19N3O2/c1-20-14-4-2-3-5-15(14)21-13-10-18-16(19-11-13)12-6-8-17-9-7-12/h2-5,10-12,17H,6-9H2,1H3. The number of ether oxygens (including phenoxy) is 2. The molecule has 0 saturated carbocycles. The fourth-order valence-electron chi connectivity index (χ4n) is 2.50. The number of methoxy groups -OCH3 is 1. The molecule has 3 rings (SSSR count). The smallest absolute Gasteiger partial charge is 0.169 e. The second-order valence-corrected chi connectivity index (χ2v) is 5.05. The lowest BCUT2D eigenvalue weighted by Crippen LogP contribution is -2.27. The molecule has 1 N–H and O–H groups in total. The lowest BCUT2D eigenvalue weighted by atomic mass is 9.97. The number of nitrogens with one attached hydrogen (secondary N) is 1. The van der Waals surface area contributed by atoms with Gasteiger partial charge in [0.25, 0.3) is 0 Å². The summed E-state index contributed by atoms with van der Waals surface area (Å²) in [6.07, 6.45) is 5.65. The molecule has 2 aromatic rings. The summed E-state index contributed by atoms with van der Waals surface area (Å²) in [6, 6.07) is 7.53. The maximum absolute atomic E-state index is 5.78. The topological polar surface area (TPSA) is 56.3 Å². The van der Waals surface area contributed by atoms with E-state index in [0.29, 0.717) is 23.2 Å². The molecular formula is C16H19N3O2. The molecule has 1 aromatic carbocycles. The van der Waals surface area contributed by atoms with Gasteiger partial charge in [0, 0.05) is 5.92 Å². The molecule has 110 valence electrons. The molecule has 21 heavy (non-hydrogen) atoms. The van der Waals surface area contributed by atoms with Crippen LogP contribution in [-0.4, -0.2) is 30.2 Å². The van der Waals surface area contributed by atoms with E-state index in [1.807, 2.05) is 24.3 Å². The van der Waals surface area contributed by atoms with Crippen molar-refractivity contribution in [1.82, 2.24) is 15.3 Å². The largest absolute Gasteiger partial charge is 0.493 e. The highest BCUT2D eigenvalue weighted by molar-refractivity contribution is 5.41. The number of aromatic nitrogens is 2. The molecule has 0 amide bonds. The molecule has 0 bridgehead atoms. The highest BCUT2D eigenvalue weighted by atomic mass is 16.5. The molecule has 0 radical (unpaired) electrons. The minimum Gasteiger partial charge on any atom is -0.493 e. The SMILES string of the molecule is COc1ccccc1Oc1cnc(C2CCNCC2)nc1. The van der Waals surface area contributed by atoms with Crippen molar-refractivity contribution in [3.8, 4) is 17.2 Å². The summed E-state index contributed by atoms with van der Waals surface area (Å²) in [5.41, 5.74) is 0. The molecule has 5 heteroatoms. The van der Waals surface area contributed by atoms with Crippen LogP contribution in [0.4, 0.5) is 0 Å². The van der Waals surface area contributed by atoms with E-state index < -0.39 is 0 Å². The Hall–Kier alpha value is -2.14. The summed E-state index contributed by atoms with van der Waals surface area (Å²) in [5, 5.41) is 3.35. The Kier molecular flexibility index (Phi) is 4.31. The van der Waals surface area contributed by atoms with Crippen molar-refractivity contribution in [3.63, 3.8) is 0 Å². The normalized spacial score (nSPS) is 15.7. The summed E-state index contributed by atoms with van der Waals surface area (Å²) < 4.78 is 11.0. The van der Waals surface area contributed by atoms with E-state index in [1.165, 1.54) is 0 Å². The number of hydrogen-bond donors (Lipinski definition) is 1. The molecular weight excluding hydrogens is 266 g/mol. The highest BCUT2D eigenvalue weighted by Gasteiger charge is 2.17. The average Bonchev–Trinajstić information content (AvgIpc) is 2.57. The van der Waals surface area contributed by atoms with Crippen molar-refractivity contribution in [1.29, 1.82) is 0 Å². The van der Waals surface area contributed by atoms with Crippen LogP contribution in [0.25, 0.3) is 0 Å². The summed E-state index contributed by atoms with van der Waals surface area (Å²) in [5.74, 6) is 3.34. The van der Waals surface area contributed by atoms with Crippen molar-refractivity contribution in [2.75, 3.05) is 20.2 Å². The first kappa shape index (κ1) is 13.8. The lowest BCUT2D eigenvalue weighted by Gasteiger charge is -2.21. The fraction of sp³-hybridized carbons (Fsp3) is 0.375. The van der Waals surface area contributed by atoms with Gasteiger partial charge in [-0.05, 0) is 38.1 Å². The predicted octanol–water partition coefficient (Wildman–Crippen LogP) is 2.74. The monoisotopic (exact) mass is 285 g/mol. The summed E-state index contributed by atoms with van der Waals surface area (Å²) in [4.78, 5) is 8.90. The molecule has 1 aliphatic rings. The van der Waals surface area contributed by atoms with E-state index in [9.17, 15) is 0 Å². The lowest BCUT2D eigenvalue weighted by molar-refractivity contribution is 0.377. The number of nitrogens with zero attached hydrogens (tertiary/aromatic N) is 2. The van der Waals surface area contributed by atoms with E-state index in [-0.39, 0.29) is 0 Å². The van der Waals surface area contributed by atoms with Gasteiger partial charge in [0.1, 0.15) is 5.82 Å². The van der Waals surface area contributed by atoms with Crippen LogP contribution in [0.2, 0.25) is 0 Å². The van der Waals surface area contributed by atoms with E-state index >= 15 is 0 Å². The second-order valence-electron chi connectivity index (χ2n) is 5.05. The van der Waals surface area contributed by atoms with Crippen LogP contribution in [-0.2, 0) is 0 Å². The zero-order valence-electron chi connectivity index (χ0n) is 12.1. The van der Waals surface area contributed by atoms with Gasteiger partial charge in [-0.25, -0.2) is 9.97 Å². The van der Waals surface area contributed by atoms with Crippen LogP contribution in [0.1, 0.15) is 24.6 Å². The Bertz CT molecular complexity index is 580. The van der Waals surface area contributed by atoms with Crippen molar-refractivity contribution in [2.45, 2.75) is 18.8 Å². The predicted molar refractivity (Wildman–Crippen MR) is 79.9 cm³/mol. The van der Waals surface area contributed by atoms with Crippen molar-refractivity contribution >= 4 is 0 Å². The summed E-state index contributed by atoms with van der Waals surface area (Å²) in [6.45, 7) is 2.07. The number of piperidine rings is 1. The van der Waals surface area contributed by atoms with E-state index in [1.54, 1.807) is 19.5 Å². The zero-order chi connectivity index (χ0) is 14.5. The Morgan fingerprint density at radius 1 is 1.05 bits per heavy atom. The van der Waals surface area contributed by atoms with Crippen molar-refractivity contribution < 1.29 is 9.47 Å². The van der Waals surface area contributed by atoms with Gasteiger partial charge in [-0.15, -0.1) is 0 Å². The third kappa shape index (κ3) is 3.31. The van der Waals surface area contributed by atoms with Crippen LogP contribution >= 0.6 is 0 Å². The van der Waals surface area contributed by atoms with Crippen LogP contribution < -0.4 is 14.8 Å². The van der Waals surface area contributed by atoms with Gasteiger partial charge in [0.05, 0.1) is 19.5 Å². The Morgan fingerprint density at radius 3 is 2.38 bits per heavy atom. The Labute approximate surface area is 124 Å². The van der Waals surface area contributed by atoms with E-state index in [4.69, 9.17) is 9.47 Å². The molecule has 1 fully saturated rings. The number of benzene rings is 1. The fourth-order valence-corrected chi connectivity index (χ4v) is 2.50. The molecule has 0 atom stereocenters. The first-order valence-electron chi connectivity index (χ1n) is 7.20. The molecule has 5 nitrogen and oxygen atoms in total. The average molecular weight is 285 g/mol. The molecule has 2 heterocycles. The first-order chi connectivity index (χ1) is 10.4. The molecule has 1 aliphatic heterocycles. The van der Waals surface area contributed by atoms with Crippen LogP contribution in [0.3, 0.4) is 0 Å². The summed E-state index contributed by atoms with van der Waals surface area (Å²) >= 11 is 0. The van der Waals surface area contributed by atoms with Gasteiger partial charge in [0.2, 0.25) is 0 Å². The molecule has 0 aliphatic carbocycles. The maximum atomic E-state index is 5.78. The van der Waals surface area contributed by atoms with Gasteiger partial charge in [-0.2, -0.15) is 0 Å². The number of hydrogen-bond acceptors (Lipinski definition) is 5. The van der Waals surface area contributed by atoms with Gasteiger partial charge in [-0.1, -0.05) is 12.1 Å². The first-order valence-corrected chi connectivity index (χ1v) is 7.20. The van der Waals surface area contributed by atoms with E-state index in [0.717, 1.165) is 31.8 Å². The Balaban J connectivity index is 1.72. The number of rotatable bonds is 4. The minimum atomic E-state index is 0.451. The molecule has 1 aromatic heterocycles. The highest BCUT2D eigenvalue weighted by Crippen LogP contribution is 2.30. The zero-order valence-corrected chi connectivity index (χ0v) is 12.1. The third-order valence-electron chi connectivity index (χ3n) is 3.65. The van der Waals surface area contributed by atoms with Crippen molar-refractivity contribution in [3.05, 3.63) is 42.5 Å². The molecule has 0 spiro atoms. The van der Waals surface area contributed by atoms with Gasteiger partial charge < -0.3 is 14.8 Å². The Morgan fingerprint density at radius 2 is 1.71 bits per heavy atom. The van der Waals surface area contributed by atoms with Crippen LogP contribution in [0, 0.1) is 0 Å². The number of para-hydroxylation sites is 2. The summed E-state index contributed by atoms with van der Waals surface area (Å²) in [7, 11) is 1.62.